The lowest BCUT2D eigenvalue weighted by molar-refractivity contribution is -0.139. The average molecular weight is 272 g/mol. The molecule has 0 saturated heterocycles. The van der Waals surface area contributed by atoms with E-state index in [1.807, 2.05) is 13.8 Å². The number of rotatable bonds is 9. The van der Waals surface area contributed by atoms with Gasteiger partial charge in [-0.15, -0.1) is 0 Å². The topological polar surface area (TPSA) is 87.7 Å². The van der Waals surface area contributed by atoms with E-state index in [0.29, 0.717) is 25.5 Å². The van der Waals surface area contributed by atoms with Gasteiger partial charge in [0.2, 0.25) is 0 Å². The lowest BCUT2D eigenvalue weighted by Crippen LogP contribution is -2.47. The van der Waals surface area contributed by atoms with E-state index in [0.717, 1.165) is 6.61 Å². The molecule has 2 amide bonds. The van der Waals surface area contributed by atoms with Gasteiger partial charge in [0.05, 0.1) is 6.61 Å². The molecule has 110 valence electrons. The van der Waals surface area contributed by atoms with Gasteiger partial charge < -0.3 is 20.5 Å². The summed E-state index contributed by atoms with van der Waals surface area (Å²) in [4.78, 5) is 22.5. The zero-order chi connectivity index (χ0) is 14.3. The van der Waals surface area contributed by atoms with Crippen molar-refractivity contribution >= 4 is 12.0 Å². The number of nitrogens with one attached hydrogen (secondary N) is 2. The summed E-state index contributed by atoms with van der Waals surface area (Å²) in [6.45, 7) is 5.45. The number of carboxylic acid groups (broad SMARTS) is 1. The van der Waals surface area contributed by atoms with E-state index < -0.39 is 18.0 Å². The van der Waals surface area contributed by atoms with E-state index in [1.165, 1.54) is 12.8 Å². The first-order chi connectivity index (χ1) is 8.99. The summed E-state index contributed by atoms with van der Waals surface area (Å²) in [5.41, 5.74) is 0. The number of carbonyl (C=O) groups excluding carboxylic acids is 1. The zero-order valence-electron chi connectivity index (χ0n) is 11.6. The van der Waals surface area contributed by atoms with Crippen molar-refractivity contribution in [2.75, 3.05) is 19.8 Å². The van der Waals surface area contributed by atoms with Gasteiger partial charge in [-0.2, -0.15) is 0 Å². The van der Waals surface area contributed by atoms with Crippen LogP contribution in [0.5, 0.6) is 0 Å². The van der Waals surface area contributed by atoms with Crippen molar-refractivity contribution in [3.8, 4) is 0 Å². The van der Waals surface area contributed by atoms with Crippen LogP contribution < -0.4 is 10.6 Å². The highest BCUT2D eigenvalue weighted by Gasteiger charge is 2.22. The van der Waals surface area contributed by atoms with Crippen LogP contribution in [0.1, 0.15) is 33.1 Å². The van der Waals surface area contributed by atoms with Crippen LogP contribution in [-0.4, -0.2) is 42.9 Å². The Morgan fingerprint density at radius 1 is 1.37 bits per heavy atom. The molecule has 0 aromatic carbocycles. The van der Waals surface area contributed by atoms with E-state index in [2.05, 4.69) is 10.6 Å². The van der Waals surface area contributed by atoms with Gasteiger partial charge in [-0.1, -0.05) is 13.8 Å². The molecule has 0 aliphatic heterocycles. The first-order valence-corrected chi connectivity index (χ1v) is 6.84. The highest BCUT2D eigenvalue weighted by molar-refractivity contribution is 5.82. The Balaban J connectivity index is 2.10. The molecule has 0 bridgehead atoms. The van der Waals surface area contributed by atoms with E-state index >= 15 is 0 Å². The first-order valence-electron chi connectivity index (χ1n) is 6.84. The van der Waals surface area contributed by atoms with Gasteiger partial charge in [-0.05, 0) is 31.1 Å². The van der Waals surface area contributed by atoms with E-state index in [4.69, 9.17) is 9.84 Å². The second kappa shape index (κ2) is 7.99. The van der Waals surface area contributed by atoms with Crippen molar-refractivity contribution in [2.24, 2.45) is 11.8 Å². The minimum Gasteiger partial charge on any atom is -0.480 e. The SMILES string of the molecule is CC(C)CC(NC(=O)NCCOCC1CC1)C(=O)O. The average Bonchev–Trinajstić information content (AvgIpc) is 3.11. The Hall–Kier alpha value is -1.30. The Bertz CT molecular complexity index is 303. The molecule has 1 atom stereocenters. The quantitative estimate of drug-likeness (QED) is 0.551. The second-order valence-corrected chi connectivity index (χ2v) is 5.44. The van der Waals surface area contributed by atoms with Gasteiger partial charge in [0, 0.05) is 13.2 Å². The number of hydrogen-bond acceptors (Lipinski definition) is 3. The summed E-state index contributed by atoms with van der Waals surface area (Å²) in [5.74, 6) is -0.0895. The maximum atomic E-state index is 11.5. The molecule has 0 heterocycles. The fourth-order valence-corrected chi connectivity index (χ4v) is 1.67. The molecule has 1 saturated carbocycles. The van der Waals surface area contributed by atoms with Gasteiger partial charge in [0.25, 0.3) is 0 Å². The summed E-state index contributed by atoms with van der Waals surface area (Å²) >= 11 is 0. The largest absolute Gasteiger partial charge is 0.480 e. The number of aliphatic carboxylic acids is 1. The van der Waals surface area contributed by atoms with Crippen LogP contribution in [0.25, 0.3) is 0 Å². The molecule has 0 radical (unpaired) electrons. The third-order valence-corrected chi connectivity index (χ3v) is 2.89. The number of carbonyl (C=O) groups is 2. The maximum Gasteiger partial charge on any atom is 0.326 e. The molecular formula is C13H24N2O4. The van der Waals surface area contributed by atoms with Crippen molar-refractivity contribution in [2.45, 2.75) is 39.2 Å². The molecule has 6 nitrogen and oxygen atoms in total. The molecule has 6 heteroatoms. The van der Waals surface area contributed by atoms with Gasteiger partial charge in [0.15, 0.2) is 0 Å². The Morgan fingerprint density at radius 2 is 2.05 bits per heavy atom. The van der Waals surface area contributed by atoms with Crippen LogP contribution in [0.4, 0.5) is 4.79 Å². The number of hydrogen-bond donors (Lipinski definition) is 3. The summed E-state index contributed by atoms with van der Waals surface area (Å²) in [6, 6.07) is -1.30. The van der Waals surface area contributed by atoms with Crippen LogP contribution in [0.15, 0.2) is 0 Å². The highest BCUT2D eigenvalue weighted by Crippen LogP contribution is 2.28. The van der Waals surface area contributed by atoms with Crippen LogP contribution in [0, 0.1) is 11.8 Å². The van der Waals surface area contributed by atoms with Crippen molar-refractivity contribution in [1.82, 2.24) is 10.6 Å². The van der Waals surface area contributed by atoms with Crippen LogP contribution in [0.2, 0.25) is 0 Å². The Labute approximate surface area is 113 Å². The predicted octanol–water partition coefficient (Wildman–Crippen LogP) is 1.21. The van der Waals surface area contributed by atoms with Crippen molar-refractivity contribution in [3.05, 3.63) is 0 Å². The summed E-state index contributed by atoms with van der Waals surface area (Å²) in [7, 11) is 0. The minimum atomic E-state index is -1.01. The van der Waals surface area contributed by atoms with E-state index in [1.54, 1.807) is 0 Å². The predicted molar refractivity (Wildman–Crippen MR) is 71.0 cm³/mol. The van der Waals surface area contributed by atoms with Crippen molar-refractivity contribution in [1.29, 1.82) is 0 Å². The molecule has 0 aromatic heterocycles. The van der Waals surface area contributed by atoms with E-state index in [9.17, 15) is 9.59 Å². The van der Waals surface area contributed by atoms with Gasteiger partial charge >= 0.3 is 12.0 Å². The van der Waals surface area contributed by atoms with Crippen LogP contribution >= 0.6 is 0 Å². The second-order valence-electron chi connectivity index (χ2n) is 5.44. The summed E-state index contributed by atoms with van der Waals surface area (Å²) in [6.07, 6.45) is 2.90. The normalized spacial score (nSPS) is 16.2. The van der Waals surface area contributed by atoms with Crippen molar-refractivity contribution in [3.63, 3.8) is 0 Å². The molecule has 1 rings (SSSR count). The molecule has 1 aliphatic carbocycles. The van der Waals surface area contributed by atoms with Gasteiger partial charge in [-0.3, -0.25) is 0 Å². The first kappa shape index (κ1) is 15.8. The van der Waals surface area contributed by atoms with E-state index in [-0.39, 0.29) is 5.92 Å². The molecule has 1 fully saturated rings. The number of urea groups is 1. The smallest absolute Gasteiger partial charge is 0.326 e. The molecule has 0 aromatic rings. The lowest BCUT2D eigenvalue weighted by Gasteiger charge is -2.16. The molecule has 19 heavy (non-hydrogen) atoms. The molecular weight excluding hydrogens is 248 g/mol. The molecule has 1 unspecified atom stereocenters. The minimum absolute atomic E-state index is 0.211. The third kappa shape index (κ3) is 7.66. The fraction of sp³-hybridized carbons (Fsp3) is 0.846. The van der Waals surface area contributed by atoms with Gasteiger partial charge in [0.1, 0.15) is 6.04 Å². The van der Waals surface area contributed by atoms with Crippen LogP contribution in [-0.2, 0) is 9.53 Å². The Morgan fingerprint density at radius 3 is 2.58 bits per heavy atom. The maximum absolute atomic E-state index is 11.5. The molecule has 3 N–H and O–H groups in total. The zero-order valence-corrected chi connectivity index (χ0v) is 11.6. The molecule has 1 aliphatic rings. The van der Waals surface area contributed by atoms with Gasteiger partial charge in [-0.25, -0.2) is 9.59 Å². The molecule has 0 spiro atoms. The fourth-order valence-electron chi connectivity index (χ4n) is 1.67. The Kier molecular flexibility index (Phi) is 6.62. The highest BCUT2D eigenvalue weighted by atomic mass is 16.5. The lowest BCUT2D eigenvalue weighted by atomic mass is 10.0. The number of amides is 2. The summed E-state index contributed by atoms with van der Waals surface area (Å²) in [5, 5.41) is 14.0. The third-order valence-electron chi connectivity index (χ3n) is 2.89. The standard InChI is InChI=1S/C13H24N2O4/c1-9(2)7-11(12(16)17)15-13(18)14-5-6-19-8-10-3-4-10/h9-11H,3-8H2,1-2H3,(H,16,17)(H2,14,15,18). The number of ether oxygens (including phenoxy) is 1. The van der Waals surface area contributed by atoms with Crippen LogP contribution in [0.3, 0.4) is 0 Å². The van der Waals surface area contributed by atoms with Crippen molar-refractivity contribution < 1.29 is 19.4 Å². The monoisotopic (exact) mass is 272 g/mol. The number of carboxylic acids is 1. The summed E-state index contributed by atoms with van der Waals surface area (Å²) < 4.78 is 5.37.